The lowest BCUT2D eigenvalue weighted by Crippen LogP contribution is -2.05. The minimum Gasteiger partial charge on any atom is -0.457 e. The minimum absolute atomic E-state index is 0.000355. The van der Waals surface area contributed by atoms with Crippen LogP contribution in [0.1, 0.15) is 15.2 Å². The predicted molar refractivity (Wildman–Crippen MR) is 65.4 cm³/mol. The molecule has 0 radical (unpaired) electrons. The highest BCUT2D eigenvalue weighted by Crippen LogP contribution is 2.29. The molecule has 0 unspecified atom stereocenters. The maximum atomic E-state index is 12.8. The Balaban J connectivity index is 2.06. The molecule has 2 heterocycles. The van der Waals surface area contributed by atoms with Crippen molar-refractivity contribution in [3.63, 3.8) is 0 Å². The quantitative estimate of drug-likeness (QED) is 0.640. The van der Waals surface area contributed by atoms with E-state index >= 15 is 0 Å². The van der Waals surface area contributed by atoms with Crippen molar-refractivity contribution in [1.29, 1.82) is 0 Å². The number of carbonyl (C=O) groups is 1. The molecule has 2 rings (SSSR count). The molecule has 0 saturated heterocycles. The molecule has 0 aromatic carbocycles. The van der Waals surface area contributed by atoms with E-state index in [1.165, 1.54) is 0 Å². The lowest BCUT2D eigenvalue weighted by atomic mass is 10.3. The van der Waals surface area contributed by atoms with Crippen molar-refractivity contribution < 1.29 is 18.3 Å². The third-order valence-corrected chi connectivity index (χ3v) is 3.75. The molecule has 9 heteroatoms. The largest absolute Gasteiger partial charge is 0.457 e. The smallest absolute Gasteiger partial charge is 0.351 e. The third-order valence-electron chi connectivity index (χ3n) is 1.98. The molecular weight excluding hydrogens is 321 g/mol. The monoisotopic (exact) mass is 324 g/mol. The maximum Gasteiger partial charge on any atom is 0.351 e. The summed E-state index contributed by atoms with van der Waals surface area (Å²) in [5.41, 5.74) is 0.130. The first kappa shape index (κ1) is 14.1. The Hall–Kier alpha value is -1.31. The maximum absolute atomic E-state index is 12.8. The first-order valence-corrected chi connectivity index (χ1v) is 6.30. The minimum atomic E-state index is -0.995. The lowest BCUT2D eigenvalue weighted by Gasteiger charge is -2.03. The molecule has 2 aromatic rings. The zero-order valence-corrected chi connectivity index (χ0v) is 11.3. The Labute approximate surface area is 120 Å². The van der Waals surface area contributed by atoms with Crippen LogP contribution in [0.25, 0.3) is 0 Å². The van der Waals surface area contributed by atoms with Crippen LogP contribution in [-0.2, 0) is 11.3 Å². The number of ether oxygens (including phenoxy) is 1. The van der Waals surface area contributed by atoms with Gasteiger partial charge in [0.2, 0.25) is 11.9 Å². The highest BCUT2D eigenvalue weighted by molar-refractivity contribution is 7.09. The fraction of sp³-hybridized carbons (Fsp3) is 0.100. The summed E-state index contributed by atoms with van der Waals surface area (Å²) in [7, 11) is 0. The summed E-state index contributed by atoms with van der Waals surface area (Å²) in [4.78, 5) is 14.6. The van der Waals surface area contributed by atoms with Crippen molar-refractivity contribution in [3.8, 4) is 0 Å². The van der Waals surface area contributed by atoms with Crippen LogP contribution in [0.4, 0.5) is 8.78 Å². The van der Waals surface area contributed by atoms with Crippen LogP contribution in [0.3, 0.4) is 0 Å². The Bertz CT molecular complexity index is 616. The standard InChI is InChI=1S/C10H4Cl2F2N2O2S/c11-7-8(19-16-9(7)12)10(17)18-3-4-1-5(13)15-6(14)2-4/h1-2H,3H2. The molecule has 2 aromatic heterocycles. The highest BCUT2D eigenvalue weighted by atomic mass is 35.5. The van der Waals surface area contributed by atoms with Gasteiger partial charge in [0, 0.05) is 0 Å². The number of nitrogens with zero attached hydrogens (tertiary/aromatic N) is 2. The van der Waals surface area contributed by atoms with Crippen molar-refractivity contribution in [2.75, 3.05) is 0 Å². The molecule has 4 nitrogen and oxygen atoms in total. The summed E-state index contributed by atoms with van der Waals surface area (Å²) in [6.07, 6.45) is 0. The van der Waals surface area contributed by atoms with E-state index < -0.39 is 17.9 Å². The van der Waals surface area contributed by atoms with E-state index in [1.807, 2.05) is 0 Å². The van der Waals surface area contributed by atoms with Gasteiger partial charge in [-0.1, -0.05) is 23.2 Å². The van der Waals surface area contributed by atoms with Crippen LogP contribution in [0.2, 0.25) is 10.2 Å². The van der Waals surface area contributed by atoms with Crippen LogP contribution in [0.5, 0.6) is 0 Å². The molecule has 0 aliphatic heterocycles. The third kappa shape index (κ3) is 3.37. The van der Waals surface area contributed by atoms with Crippen molar-refractivity contribution in [1.82, 2.24) is 9.36 Å². The summed E-state index contributed by atoms with van der Waals surface area (Å²) in [6, 6.07) is 1.91. The Morgan fingerprint density at radius 1 is 1.32 bits per heavy atom. The first-order chi connectivity index (χ1) is 8.97. The molecule has 0 spiro atoms. The van der Waals surface area contributed by atoms with Gasteiger partial charge < -0.3 is 4.74 Å². The van der Waals surface area contributed by atoms with Crippen LogP contribution >= 0.6 is 34.7 Å². The summed E-state index contributed by atoms with van der Waals surface area (Å²) in [5, 5.41) is -0.0108. The molecule has 0 atom stereocenters. The van der Waals surface area contributed by atoms with Crippen LogP contribution in [0, 0.1) is 11.9 Å². The Morgan fingerprint density at radius 2 is 1.95 bits per heavy atom. The normalized spacial score (nSPS) is 10.5. The number of esters is 1. The number of pyridine rings is 1. The van der Waals surface area contributed by atoms with Crippen LogP contribution in [-0.4, -0.2) is 15.3 Å². The van der Waals surface area contributed by atoms with Crippen molar-refractivity contribution >= 4 is 40.7 Å². The van der Waals surface area contributed by atoms with Gasteiger partial charge in [0.05, 0.1) is 0 Å². The molecule has 0 fully saturated rings. The Morgan fingerprint density at radius 3 is 2.47 bits per heavy atom. The average Bonchev–Trinajstić information content (AvgIpc) is 2.66. The first-order valence-electron chi connectivity index (χ1n) is 4.77. The predicted octanol–water partition coefficient (Wildman–Crippen LogP) is 3.48. The van der Waals surface area contributed by atoms with E-state index in [2.05, 4.69) is 9.36 Å². The summed E-state index contributed by atoms with van der Waals surface area (Å²) < 4.78 is 34.1. The zero-order valence-electron chi connectivity index (χ0n) is 8.99. The van der Waals surface area contributed by atoms with Gasteiger partial charge in [-0.15, -0.1) is 0 Å². The number of rotatable bonds is 3. The number of aromatic nitrogens is 2. The Kier molecular flexibility index (Phi) is 4.28. The summed E-state index contributed by atoms with van der Waals surface area (Å²) >= 11 is 12.1. The number of hydrogen-bond acceptors (Lipinski definition) is 5. The van der Waals surface area contributed by atoms with Gasteiger partial charge >= 0.3 is 5.97 Å². The molecule has 0 aliphatic rings. The molecule has 19 heavy (non-hydrogen) atoms. The molecule has 0 saturated carbocycles. The second kappa shape index (κ2) is 5.77. The van der Waals surface area contributed by atoms with Gasteiger partial charge in [0.1, 0.15) is 11.6 Å². The fourth-order valence-corrected chi connectivity index (χ4v) is 2.30. The van der Waals surface area contributed by atoms with Gasteiger partial charge in [0.15, 0.2) is 10.0 Å². The molecule has 100 valence electrons. The van der Waals surface area contributed by atoms with Gasteiger partial charge in [-0.25, -0.2) is 4.79 Å². The van der Waals surface area contributed by atoms with E-state index in [0.29, 0.717) is 0 Å². The average molecular weight is 325 g/mol. The summed E-state index contributed by atoms with van der Waals surface area (Å²) in [5.74, 6) is -2.76. The van der Waals surface area contributed by atoms with E-state index in [9.17, 15) is 13.6 Å². The molecule has 0 bridgehead atoms. The van der Waals surface area contributed by atoms with E-state index in [0.717, 1.165) is 23.7 Å². The van der Waals surface area contributed by atoms with Crippen LogP contribution in [0.15, 0.2) is 12.1 Å². The fourth-order valence-electron chi connectivity index (χ4n) is 1.20. The van der Waals surface area contributed by atoms with Crippen molar-refractivity contribution in [2.45, 2.75) is 6.61 Å². The van der Waals surface area contributed by atoms with Gasteiger partial charge in [-0.2, -0.15) is 18.1 Å². The van der Waals surface area contributed by atoms with Gasteiger partial charge in [-0.3, -0.25) is 0 Å². The van der Waals surface area contributed by atoms with Gasteiger partial charge in [-0.05, 0) is 29.2 Å². The number of halogens is 4. The van der Waals surface area contributed by atoms with Crippen molar-refractivity contribution in [2.24, 2.45) is 0 Å². The molecule has 0 aliphatic carbocycles. The number of carbonyl (C=O) groups excluding carboxylic acids is 1. The van der Waals surface area contributed by atoms with Crippen LogP contribution < -0.4 is 0 Å². The second-order valence-corrected chi connectivity index (χ2v) is 4.82. The van der Waals surface area contributed by atoms with E-state index in [1.54, 1.807) is 0 Å². The number of hydrogen-bond donors (Lipinski definition) is 0. The highest BCUT2D eigenvalue weighted by Gasteiger charge is 2.19. The molecule has 0 N–H and O–H groups in total. The second-order valence-electron chi connectivity index (χ2n) is 3.31. The lowest BCUT2D eigenvalue weighted by molar-refractivity contribution is 0.0477. The van der Waals surface area contributed by atoms with Gasteiger partial charge in [0.25, 0.3) is 0 Å². The van der Waals surface area contributed by atoms with E-state index in [-0.39, 0.29) is 27.2 Å². The topological polar surface area (TPSA) is 52.1 Å². The zero-order chi connectivity index (χ0) is 14.0. The molecular formula is C10H4Cl2F2N2O2S. The van der Waals surface area contributed by atoms with Crippen molar-refractivity contribution in [3.05, 3.63) is 44.6 Å². The molecule has 0 amide bonds. The summed E-state index contributed by atoms with van der Waals surface area (Å²) in [6.45, 7) is -0.318. The van der Waals surface area contributed by atoms with E-state index in [4.69, 9.17) is 27.9 Å². The SMILES string of the molecule is O=C(OCc1cc(F)nc(F)c1)c1snc(Cl)c1Cl.